The molecule has 1 heterocycles. The van der Waals surface area contributed by atoms with Crippen molar-refractivity contribution >= 4 is 29.6 Å². The predicted molar refractivity (Wildman–Crippen MR) is 88.4 cm³/mol. The lowest BCUT2D eigenvalue weighted by molar-refractivity contribution is -0.122. The molecular weight excluding hydrogens is 308 g/mol. The quantitative estimate of drug-likeness (QED) is 0.695. The SMILES string of the molecule is COc1ccccc1/C=C1\C(=O)NC(=O)N(c2ccccc2)C1=O. The minimum absolute atomic E-state index is 0.136. The lowest BCUT2D eigenvalue weighted by Crippen LogP contribution is -2.54. The van der Waals surface area contributed by atoms with E-state index >= 15 is 0 Å². The number of anilines is 1. The Labute approximate surface area is 138 Å². The number of urea groups is 1. The van der Waals surface area contributed by atoms with Crippen LogP contribution in [0.3, 0.4) is 0 Å². The van der Waals surface area contributed by atoms with Gasteiger partial charge < -0.3 is 4.74 Å². The molecule has 0 atom stereocenters. The van der Waals surface area contributed by atoms with E-state index in [1.807, 2.05) is 0 Å². The van der Waals surface area contributed by atoms with Crippen molar-refractivity contribution in [1.29, 1.82) is 0 Å². The molecule has 0 radical (unpaired) electrons. The summed E-state index contributed by atoms with van der Waals surface area (Å²) in [6, 6.07) is 14.6. The topological polar surface area (TPSA) is 75.7 Å². The number of carbonyl (C=O) groups excluding carboxylic acids is 3. The van der Waals surface area contributed by atoms with E-state index in [0.29, 0.717) is 17.0 Å². The van der Waals surface area contributed by atoms with Crippen molar-refractivity contribution in [2.24, 2.45) is 0 Å². The standard InChI is InChI=1S/C18H14N2O4/c1-24-15-10-6-5-7-12(15)11-14-16(21)19-18(23)20(17(14)22)13-8-3-2-4-9-13/h2-11H,1H3,(H,19,21,23)/b14-11+. The van der Waals surface area contributed by atoms with Gasteiger partial charge in [-0.3, -0.25) is 14.9 Å². The van der Waals surface area contributed by atoms with Crippen LogP contribution in [0.5, 0.6) is 5.75 Å². The Hall–Kier alpha value is -3.41. The van der Waals surface area contributed by atoms with Crippen molar-refractivity contribution in [2.75, 3.05) is 12.0 Å². The third-order valence-electron chi connectivity index (χ3n) is 3.55. The highest BCUT2D eigenvalue weighted by molar-refractivity contribution is 6.39. The van der Waals surface area contributed by atoms with Crippen LogP contribution < -0.4 is 15.0 Å². The van der Waals surface area contributed by atoms with Gasteiger partial charge in [0.15, 0.2) is 0 Å². The van der Waals surface area contributed by atoms with Gasteiger partial charge in [-0.25, -0.2) is 9.69 Å². The van der Waals surface area contributed by atoms with E-state index in [1.54, 1.807) is 54.6 Å². The molecule has 0 unspecified atom stereocenters. The number of ether oxygens (including phenoxy) is 1. The zero-order valence-corrected chi connectivity index (χ0v) is 12.9. The van der Waals surface area contributed by atoms with Crippen molar-refractivity contribution in [2.45, 2.75) is 0 Å². The number of para-hydroxylation sites is 2. The molecule has 0 bridgehead atoms. The van der Waals surface area contributed by atoms with Crippen LogP contribution in [0.4, 0.5) is 10.5 Å². The molecule has 24 heavy (non-hydrogen) atoms. The third kappa shape index (κ3) is 2.77. The van der Waals surface area contributed by atoms with Gasteiger partial charge in [0.05, 0.1) is 12.8 Å². The first-order valence-electron chi connectivity index (χ1n) is 7.21. The highest BCUT2D eigenvalue weighted by Crippen LogP contribution is 2.24. The molecule has 3 rings (SSSR count). The number of nitrogens with zero attached hydrogens (tertiary/aromatic N) is 1. The number of rotatable bonds is 3. The largest absolute Gasteiger partial charge is 0.496 e. The minimum atomic E-state index is -0.770. The highest BCUT2D eigenvalue weighted by Gasteiger charge is 2.36. The minimum Gasteiger partial charge on any atom is -0.496 e. The molecule has 2 aromatic rings. The molecule has 6 heteroatoms. The molecule has 1 aliphatic heterocycles. The fourth-order valence-electron chi connectivity index (χ4n) is 2.41. The Balaban J connectivity index is 2.04. The van der Waals surface area contributed by atoms with Crippen LogP contribution in [-0.4, -0.2) is 25.0 Å². The molecule has 1 N–H and O–H groups in total. The maximum Gasteiger partial charge on any atom is 0.335 e. The van der Waals surface area contributed by atoms with Crippen molar-refractivity contribution in [3.8, 4) is 5.75 Å². The first-order valence-corrected chi connectivity index (χ1v) is 7.21. The molecule has 1 fully saturated rings. The molecule has 0 aromatic heterocycles. The molecule has 0 saturated carbocycles. The average Bonchev–Trinajstić information content (AvgIpc) is 2.59. The maximum atomic E-state index is 12.7. The lowest BCUT2D eigenvalue weighted by atomic mass is 10.1. The third-order valence-corrected chi connectivity index (χ3v) is 3.55. The van der Waals surface area contributed by atoms with Crippen LogP contribution in [0, 0.1) is 0 Å². The second-order valence-corrected chi connectivity index (χ2v) is 5.04. The van der Waals surface area contributed by atoms with Crippen molar-refractivity contribution in [3.63, 3.8) is 0 Å². The number of imide groups is 2. The molecule has 1 aliphatic rings. The molecule has 4 amide bonds. The Morgan fingerprint density at radius 2 is 1.62 bits per heavy atom. The summed E-state index contributed by atoms with van der Waals surface area (Å²) in [5, 5.41) is 2.18. The molecule has 0 spiro atoms. The van der Waals surface area contributed by atoms with E-state index in [9.17, 15) is 14.4 Å². The second kappa shape index (κ2) is 6.37. The molecular formula is C18H14N2O4. The summed E-state index contributed by atoms with van der Waals surface area (Å²) in [4.78, 5) is 37.8. The van der Waals surface area contributed by atoms with E-state index in [4.69, 9.17) is 4.74 Å². The molecule has 0 aliphatic carbocycles. The summed E-state index contributed by atoms with van der Waals surface area (Å²) in [5.41, 5.74) is 0.822. The second-order valence-electron chi connectivity index (χ2n) is 5.04. The van der Waals surface area contributed by atoms with Gasteiger partial charge in [0.1, 0.15) is 11.3 Å². The molecule has 6 nitrogen and oxygen atoms in total. The number of methoxy groups -OCH3 is 1. The van der Waals surface area contributed by atoms with Crippen LogP contribution in [0.1, 0.15) is 5.56 Å². The summed E-state index contributed by atoms with van der Waals surface area (Å²) in [6.07, 6.45) is 1.42. The Bertz CT molecular complexity index is 843. The number of amides is 4. The van der Waals surface area contributed by atoms with Gasteiger partial charge in [0.2, 0.25) is 0 Å². The van der Waals surface area contributed by atoms with Crippen molar-refractivity contribution in [3.05, 3.63) is 65.7 Å². The molecule has 2 aromatic carbocycles. The van der Waals surface area contributed by atoms with Gasteiger partial charge in [0, 0.05) is 5.56 Å². The van der Waals surface area contributed by atoms with Crippen LogP contribution in [-0.2, 0) is 9.59 Å². The monoisotopic (exact) mass is 322 g/mol. The first-order chi connectivity index (χ1) is 11.6. The van der Waals surface area contributed by atoms with E-state index in [1.165, 1.54) is 13.2 Å². The number of hydrogen-bond acceptors (Lipinski definition) is 4. The van der Waals surface area contributed by atoms with Crippen LogP contribution in [0.15, 0.2) is 60.2 Å². The Morgan fingerprint density at radius 3 is 2.33 bits per heavy atom. The average molecular weight is 322 g/mol. The smallest absolute Gasteiger partial charge is 0.335 e. The number of barbiturate groups is 1. The van der Waals surface area contributed by atoms with E-state index in [-0.39, 0.29) is 5.57 Å². The first kappa shape index (κ1) is 15.5. The number of benzene rings is 2. The fourth-order valence-corrected chi connectivity index (χ4v) is 2.41. The fraction of sp³-hybridized carbons (Fsp3) is 0.0556. The zero-order chi connectivity index (χ0) is 17.1. The summed E-state index contributed by atoms with van der Waals surface area (Å²) < 4.78 is 5.22. The van der Waals surface area contributed by atoms with Crippen molar-refractivity contribution in [1.82, 2.24) is 5.32 Å². The van der Waals surface area contributed by atoms with Gasteiger partial charge in [-0.1, -0.05) is 36.4 Å². The van der Waals surface area contributed by atoms with Crippen LogP contribution in [0.2, 0.25) is 0 Å². The Morgan fingerprint density at radius 1 is 0.958 bits per heavy atom. The highest BCUT2D eigenvalue weighted by atomic mass is 16.5. The number of nitrogens with one attached hydrogen (secondary N) is 1. The van der Waals surface area contributed by atoms with Gasteiger partial charge in [-0.2, -0.15) is 0 Å². The Kier molecular flexibility index (Phi) is 4.11. The zero-order valence-electron chi connectivity index (χ0n) is 12.9. The number of carbonyl (C=O) groups is 3. The molecule has 1 saturated heterocycles. The van der Waals surface area contributed by atoms with E-state index < -0.39 is 17.8 Å². The summed E-state index contributed by atoms with van der Waals surface area (Å²) >= 11 is 0. The molecule has 120 valence electrons. The maximum absolute atomic E-state index is 12.7. The summed E-state index contributed by atoms with van der Waals surface area (Å²) in [5.74, 6) is -0.891. The van der Waals surface area contributed by atoms with Crippen LogP contribution >= 0.6 is 0 Å². The normalized spacial score (nSPS) is 16.3. The predicted octanol–water partition coefficient (Wildman–Crippen LogP) is 2.36. The van der Waals surface area contributed by atoms with Gasteiger partial charge in [-0.05, 0) is 24.3 Å². The summed E-state index contributed by atoms with van der Waals surface area (Å²) in [7, 11) is 1.50. The van der Waals surface area contributed by atoms with Gasteiger partial charge in [-0.15, -0.1) is 0 Å². The van der Waals surface area contributed by atoms with Crippen molar-refractivity contribution < 1.29 is 19.1 Å². The summed E-state index contributed by atoms with van der Waals surface area (Å²) in [6.45, 7) is 0. The van der Waals surface area contributed by atoms with E-state index in [2.05, 4.69) is 5.32 Å². The lowest BCUT2D eigenvalue weighted by Gasteiger charge is -2.26. The van der Waals surface area contributed by atoms with Crippen LogP contribution in [0.25, 0.3) is 6.08 Å². The van der Waals surface area contributed by atoms with Gasteiger partial charge >= 0.3 is 6.03 Å². The van der Waals surface area contributed by atoms with Gasteiger partial charge in [0.25, 0.3) is 11.8 Å². The number of hydrogen-bond donors (Lipinski definition) is 1. The van der Waals surface area contributed by atoms with E-state index in [0.717, 1.165) is 4.90 Å².